The van der Waals surface area contributed by atoms with Crippen molar-refractivity contribution in [1.82, 2.24) is 15.0 Å². The monoisotopic (exact) mass is 365 g/mol. The van der Waals surface area contributed by atoms with Gasteiger partial charge in [0.1, 0.15) is 11.9 Å². The molecule has 1 atom stereocenters. The molecule has 0 bridgehead atoms. The van der Waals surface area contributed by atoms with Crippen LogP contribution in [0.4, 0.5) is 4.39 Å². The van der Waals surface area contributed by atoms with E-state index >= 15 is 0 Å². The predicted molar refractivity (Wildman–Crippen MR) is 98.3 cm³/mol. The quantitative estimate of drug-likeness (QED) is 0.699. The zero-order valence-corrected chi connectivity index (χ0v) is 15.1. The Balaban J connectivity index is 1.51. The van der Waals surface area contributed by atoms with Gasteiger partial charge in [-0.3, -0.25) is 4.79 Å². The maximum absolute atomic E-state index is 13.1. The summed E-state index contributed by atoms with van der Waals surface area (Å²) in [5.74, 6) is 0.586. The van der Waals surface area contributed by atoms with Crippen molar-refractivity contribution in [1.29, 1.82) is 0 Å². The number of carbonyl (C=O) groups is 1. The Morgan fingerprint density at radius 1 is 1.26 bits per heavy atom. The highest BCUT2D eigenvalue weighted by Gasteiger charge is 2.34. The molecule has 0 spiro atoms. The average Bonchev–Trinajstić information content (AvgIpc) is 3.31. The van der Waals surface area contributed by atoms with E-state index in [0.717, 1.165) is 24.0 Å². The Bertz CT molecular complexity index is 952. The molecule has 1 amide bonds. The second kappa shape index (κ2) is 7.31. The molecule has 1 aliphatic heterocycles. The zero-order chi connectivity index (χ0) is 18.8. The molecule has 1 unspecified atom stereocenters. The molecule has 0 N–H and O–H groups in total. The number of nitrogens with zero attached hydrogens (tertiary/aromatic N) is 3. The summed E-state index contributed by atoms with van der Waals surface area (Å²) in [5.41, 5.74) is 2.82. The lowest BCUT2D eigenvalue weighted by atomic mass is 10.1. The van der Waals surface area contributed by atoms with Crippen LogP contribution in [0.2, 0.25) is 0 Å². The van der Waals surface area contributed by atoms with E-state index in [1.165, 1.54) is 12.1 Å². The molecule has 3 aromatic rings. The summed E-state index contributed by atoms with van der Waals surface area (Å²) in [6, 6.07) is 13.7. The third-order valence-corrected chi connectivity index (χ3v) is 4.84. The topological polar surface area (TPSA) is 59.2 Å². The third kappa shape index (κ3) is 3.74. The van der Waals surface area contributed by atoms with Crippen LogP contribution >= 0.6 is 0 Å². The molecular weight excluding hydrogens is 345 g/mol. The normalized spacial score (nSPS) is 16.7. The molecule has 5 nitrogen and oxygen atoms in total. The fourth-order valence-electron chi connectivity index (χ4n) is 3.51. The molecule has 1 saturated heterocycles. The van der Waals surface area contributed by atoms with Gasteiger partial charge in [0.05, 0.1) is 6.42 Å². The first kappa shape index (κ1) is 17.4. The first-order chi connectivity index (χ1) is 13.1. The second-order valence-electron chi connectivity index (χ2n) is 6.87. The lowest BCUT2D eigenvalue weighted by molar-refractivity contribution is -0.131. The summed E-state index contributed by atoms with van der Waals surface area (Å²) in [7, 11) is 0. The number of amides is 1. The van der Waals surface area contributed by atoms with Crippen molar-refractivity contribution in [3.63, 3.8) is 0 Å². The molecule has 6 heteroatoms. The van der Waals surface area contributed by atoms with E-state index < -0.39 is 0 Å². The minimum atomic E-state index is -0.314. The van der Waals surface area contributed by atoms with E-state index in [-0.39, 0.29) is 17.8 Å². The van der Waals surface area contributed by atoms with Crippen molar-refractivity contribution in [3.05, 3.63) is 71.4 Å². The summed E-state index contributed by atoms with van der Waals surface area (Å²) in [6.07, 6.45) is 2.06. The Morgan fingerprint density at radius 3 is 2.85 bits per heavy atom. The van der Waals surface area contributed by atoms with Gasteiger partial charge >= 0.3 is 0 Å². The number of rotatable bonds is 4. The standard InChI is InChI=1S/C21H20FN3O2/c1-14-4-2-5-15(12-14)13-19(26)25-11-3-6-18(25)21-23-20(24-27-21)16-7-9-17(22)10-8-16/h2,4-5,7-10,12,18H,3,6,11,13H2,1H3. The summed E-state index contributed by atoms with van der Waals surface area (Å²) < 4.78 is 18.5. The van der Waals surface area contributed by atoms with Gasteiger partial charge in [-0.25, -0.2) is 4.39 Å². The number of aryl methyl sites for hydroxylation is 1. The van der Waals surface area contributed by atoms with Crippen LogP contribution in [0.3, 0.4) is 0 Å². The maximum Gasteiger partial charge on any atom is 0.249 e. The predicted octanol–water partition coefficient (Wildman–Crippen LogP) is 4.09. The van der Waals surface area contributed by atoms with Gasteiger partial charge in [-0.05, 0) is 49.6 Å². The Morgan fingerprint density at radius 2 is 2.07 bits per heavy atom. The van der Waals surface area contributed by atoms with Crippen LogP contribution in [0.5, 0.6) is 0 Å². The Labute approximate surface area is 156 Å². The molecule has 4 rings (SSSR count). The van der Waals surface area contributed by atoms with Crippen LogP contribution in [0.15, 0.2) is 53.1 Å². The summed E-state index contributed by atoms with van der Waals surface area (Å²) >= 11 is 0. The lowest BCUT2D eigenvalue weighted by Gasteiger charge is -2.22. The SMILES string of the molecule is Cc1cccc(CC(=O)N2CCCC2c2nc(-c3ccc(F)cc3)no2)c1. The molecule has 0 saturated carbocycles. The van der Waals surface area contributed by atoms with Crippen LogP contribution in [-0.2, 0) is 11.2 Å². The summed E-state index contributed by atoms with van der Waals surface area (Å²) in [4.78, 5) is 19.1. The van der Waals surface area contributed by atoms with Gasteiger partial charge in [-0.15, -0.1) is 0 Å². The van der Waals surface area contributed by atoms with Crippen molar-refractivity contribution in [2.75, 3.05) is 6.54 Å². The van der Waals surface area contributed by atoms with Gasteiger partial charge < -0.3 is 9.42 Å². The molecule has 1 fully saturated rings. The smallest absolute Gasteiger partial charge is 0.249 e. The molecular formula is C21H20FN3O2. The first-order valence-electron chi connectivity index (χ1n) is 9.05. The van der Waals surface area contributed by atoms with Crippen LogP contribution in [0, 0.1) is 12.7 Å². The molecule has 1 aliphatic rings. The number of hydrogen-bond acceptors (Lipinski definition) is 4. The second-order valence-corrected chi connectivity index (χ2v) is 6.87. The van der Waals surface area contributed by atoms with Crippen molar-refractivity contribution >= 4 is 5.91 Å². The Kier molecular flexibility index (Phi) is 4.71. The van der Waals surface area contributed by atoms with E-state index in [1.54, 1.807) is 12.1 Å². The number of carbonyl (C=O) groups excluding carboxylic acids is 1. The average molecular weight is 365 g/mol. The van der Waals surface area contributed by atoms with E-state index in [0.29, 0.717) is 30.2 Å². The van der Waals surface area contributed by atoms with Crippen molar-refractivity contribution in [3.8, 4) is 11.4 Å². The van der Waals surface area contributed by atoms with Crippen molar-refractivity contribution in [2.45, 2.75) is 32.2 Å². The fourth-order valence-corrected chi connectivity index (χ4v) is 3.51. The number of aromatic nitrogens is 2. The van der Waals surface area contributed by atoms with Gasteiger partial charge in [0.25, 0.3) is 0 Å². The van der Waals surface area contributed by atoms with Crippen LogP contribution < -0.4 is 0 Å². The number of halogens is 1. The van der Waals surface area contributed by atoms with E-state index in [2.05, 4.69) is 10.1 Å². The zero-order valence-electron chi connectivity index (χ0n) is 15.1. The highest BCUT2D eigenvalue weighted by molar-refractivity contribution is 5.79. The minimum Gasteiger partial charge on any atom is -0.337 e. The number of hydrogen-bond donors (Lipinski definition) is 0. The molecule has 0 radical (unpaired) electrons. The van der Waals surface area contributed by atoms with Gasteiger partial charge in [-0.2, -0.15) is 4.98 Å². The van der Waals surface area contributed by atoms with Crippen LogP contribution in [0.25, 0.3) is 11.4 Å². The van der Waals surface area contributed by atoms with Gasteiger partial charge in [0.2, 0.25) is 17.6 Å². The van der Waals surface area contributed by atoms with Crippen LogP contribution in [0.1, 0.15) is 35.9 Å². The molecule has 1 aromatic heterocycles. The molecule has 2 aromatic carbocycles. The molecule has 2 heterocycles. The van der Waals surface area contributed by atoms with E-state index in [9.17, 15) is 9.18 Å². The number of benzene rings is 2. The van der Waals surface area contributed by atoms with Gasteiger partial charge in [0.15, 0.2) is 0 Å². The summed E-state index contributed by atoms with van der Waals surface area (Å²) in [5, 5.41) is 4.00. The fraction of sp³-hybridized carbons (Fsp3) is 0.286. The third-order valence-electron chi connectivity index (χ3n) is 4.84. The van der Waals surface area contributed by atoms with Crippen molar-refractivity contribution < 1.29 is 13.7 Å². The summed E-state index contributed by atoms with van der Waals surface area (Å²) in [6.45, 7) is 2.70. The Hall–Kier alpha value is -3.02. The highest BCUT2D eigenvalue weighted by atomic mass is 19.1. The van der Waals surface area contributed by atoms with E-state index in [4.69, 9.17) is 4.52 Å². The molecule has 138 valence electrons. The molecule has 0 aliphatic carbocycles. The largest absolute Gasteiger partial charge is 0.337 e. The van der Waals surface area contributed by atoms with Gasteiger partial charge in [-0.1, -0.05) is 35.0 Å². The van der Waals surface area contributed by atoms with Crippen LogP contribution in [-0.4, -0.2) is 27.5 Å². The number of likely N-dealkylation sites (tertiary alicyclic amines) is 1. The lowest BCUT2D eigenvalue weighted by Crippen LogP contribution is -2.32. The van der Waals surface area contributed by atoms with E-state index in [1.807, 2.05) is 36.1 Å². The molecule has 27 heavy (non-hydrogen) atoms. The van der Waals surface area contributed by atoms with Gasteiger partial charge in [0, 0.05) is 12.1 Å². The van der Waals surface area contributed by atoms with Crippen molar-refractivity contribution in [2.24, 2.45) is 0 Å². The minimum absolute atomic E-state index is 0.0598. The maximum atomic E-state index is 13.1. The first-order valence-corrected chi connectivity index (χ1v) is 9.05. The highest BCUT2D eigenvalue weighted by Crippen LogP contribution is 2.32.